The van der Waals surface area contributed by atoms with Gasteiger partial charge in [-0.2, -0.15) is 0 Å². The Bertz CT molecular complexity index is 912. The highest BCUT2D eigenvalue weighted by Gasteiger charge is 2.14. The first kappa shape index (κ1) is 15.4. The summed E-state index contributed by atoms with van der Waals surface area (Å²) in [6, 6.07) is 16.2. The second-order valence-corrected chi connectivity index (χ2v) is 7.19. The highest BCUT2D eigenvalue weighted by atomic mass is 32.2. The molecule has 1 aromatic heterocycles. The Morgan fingerprint density at radius 1 is 0.913 bits per heavy atom. The molecule has 0 saturated heterocycles. The van der Waals surface area contributed by atoms with E-state index in [2.05, 4.69) is 4.72 Å². The Hall–Kier alpha value is -2.53. The second kappa shape index (κ2) is 5.93. The number of hydrogen-bond acceptors (Lipinski definition) is 2. The minimum Gasteiger partial charge on any atom is -0.324 e. The van der Waals surface area contributed by atoms with E-state index in [0.717, 1.165) is 16.8 Å². The summed E-state index contributed by atoms with van der Waals surface area (Å²) in [6.07, 6.45) is 3.86. The molecule has 1 heterocycles. The van der Waals surface area contributed by atoms with Crippen molar-refractivity contribution in [3.8, 4) is 5.69 Å². The minimum atomic E-state index is -3.59. The average molecular weight is 326 g/mol. The minimum absolute atomic E-state index is 0.256. The van der Waals surface area contributed by atoms with E-state index in [9.17, 15) is 8.42 Å². The molecule has 0 atom stereocenters. The van der Waals surface area contributed by atoms with E-state index < -0.39 is 10.0 Å². The van der Waals surface area contributed by atoms with E-state index in [0.29, 0.717) is 5.69 Å². The highest BCUT2D eigenvalue weighted by Crippen LogP contribution is 2.22. The lowest BCUT2D eigenvalue weighted by molar-refractivity contribution is 0.601. The fourth-order valence-electron chi connectivity index (χ4n) is 2.38. The maximum Gasteiger partial charge on any atom is 0.261 e. The van der Waals surface area contributed by atoms with Gasteiger partial charge in [-0.05, 0) is 55.8 Å². The van der Waals surface area contributed by atoms with E-state index in [-0.39, 0.29) is 4.90 Å². The predicted molar refractivity (Wildman–Crippen MR) is 92.5 cm³/mol. The maximum atomic E-state index is 12.5. The van der Waals surface area contributed by atoms with Crippen LogP contribution in [0.15, 0.2) is 71.9 Å². The number of nitrogens with zero attached hydrogens (tertiary/aromatic N) is 1. The van der Waals surface area contributed by atoms with Crippen LogP contribution in [-0.4, -0.2) is 13.0 Å². The quantitative estimate of drug-likeness (QED) is 0.790. The second-order valence-electron chi connectivity index (χ2n) is 5.51. The molecule has 23 heavy (non-hydrogen) atoms. The SMILES string of the molecule is Cc1ccc(S(=O)(=O)Nc2ccc(C)c(-n3cccc3)c2)cc1. The third-order valence-corrected chi connectivity index (χ3v) is 5.07. The van der Waals surface area contributed by atoms with E-state index in [1.54, 1.807) is 30.3 Å². The Morgan fingerprint density at radius 2 is 1.57 bits per heavy atom. The molecule has 0 aliphatic rings. The van der Waals surface area contributed by atoms with Gasteiger partial charge < -0.3 is 4.57 Å². The molecular weight excluding hydrogens is 308 g/mol. The van der Waals surface area contributed by atoms with Crippen LogP contribution in [0.2, 0.25) is 0 Å². The van der Waals surface area contributed by atoms with Crippen molar-refractivity contribution in [1.82, 2.24) is 4.57 Å². The van der Waals surface area contributed by atoms with Crippen LogP contribution in [-0.2, 0) is 10.0 Å². The summed E-state index contributed by atoms with van der Waals surface area (Å²) in [5, 5.41) is 0. The van der Waals surface area contributed by atoms with Gasteiger partial charge in [0, 0.05) is 18.1 Å². The number of aryl methyl sites for hydroxylation is 2. The van der Waals surface area contributed by atoms with Crippen molar-refractivity contribution < 1.29 is 8.42 Å². The summed E-state index contributed by atoms with van der Waals surface area (Å²) in [7, 11) is -3.59. The lowest BCUT2D eigenvalue weighted by atomic mass is 10.2. The smallest absolute Gasteiger partial charge is 0.261 e. The molecule has 3 aromatic rings. The van der Waals surface area contributed by atoms with Gasteiger partial charge in [0.2, 0.25) is 0 Å². The van der Waals surface area contributed by atoms with Crippen LogP contribution < -0.4 is 4.72 Å². The largest absolute Gasteiger partial charge is 0.324 e. The molecule has 3 rings (SSSR count). The van der Waals surface area contributed by atoms with Crippen LogP contribution >= 0.6 is 0 Å². The number of benzene rings is 2. The third kappa shape index (κ3) is 3.29. The number of sulfonamides is 1. The summed E-state index contributed by atoms with van der Waals surface area (Å²) < 4.78 is 29.6. The zero-order valence-electron chi connectivity index (χ0n) is 13.0. The average Bonchev–Trinajstić information content (AvgIpc) is 3.03. The van der Waals surface area contributed by atoms with Gasteiger partial charge in [0.1, 0.15) is 0 Å². The van der Waals surface area contributed by atoms with Gasteiger partial charge >= 0.3 is 0 Å². The van der Waals surface area contributed by atoms with Crippen molar-refractivity contribution in [3.63, 3.8) is 0 Å². The molecule has 0 aliphatic carbocycles. The first-order valence-electron chi connectivity index (χ1n) is 7.29. The van der Waals surface area contributed by atoms with Crippen LogP contribution in [0, 0.1) is 13.8 Å². The molecule has 0 amide bonds. The molecule has 1 N–H and O–H groups in total. The van der Waals surface area contributed by atoms with Crippen LogP contribution in [0.4, 0.5) is 5.69 Å². The van der Waals surface area contributed by atoms with Crippen LogP contribution in [0.25, 0.3) is 5.69 Å². The van der Waals surface area contributed by atoms with Crippen molar-refractivity contribution in [2.75, 3.05) is 4.72 Å². The van der Waals surface area contributed by atoms with Gasteiger partial charge in [-0.25, -0.2) is 8.42 Å². The standard InChI is InChI=1S/C18H18N2O2S/c1-14-5-9-17(10-6-14)23(21,22)19-16-8-7-15(2)18(13-16)20-11-3-4-12-20/h3-13,19H,1-2H3. The maximum absolute atomic E-state index is 12.5. The number of nitrogens with one attached hydrogen (secondary N) is 1. The zero-order chi connectivity index (χ0) is 16.4. The van der Waals surface area contributed by atoms with Crippen LogP contribution in [0.3, 0.4) is 0 Å². The van der Waals surface area contributed by atoms with Crippen molar-refractivity contribution in [1.29, 1.82) is 0 Å². The summed E-state index contributed by atoms with van der Waals surface area (Å²) in [5.41, 5.74) is 3.58. The van der Waals surface area contributed by atoms with Gasteiger partial charge in [-0.15, -0.1) is 0 Å². The molecule has 0 spiro atoms. The molecular formula is C18H18N2O2S. The molecule has 4 nitrogen and oxygen atoms in total. The van der Waals surface area contributed by atoms with Crippen molar-refractivity contribution in [3.05, 3.63) is 78.1 Å². The van der Waals surface area contributed by atoms with Crippen LogP contribution in [0.1, 0.15) is 11.1 Å². The fraction of sp³-hybridized carbons (Fsp3) is 0.111. The van der Waals surface area contributed by atoms with Crippen molar-refractivity contribution >= 4 is 15.7 Å². The van der Waals surface area contributed by atoms with Gasteiger partial charge in [-0.3, -0.25) is 4.72 Å². The topological polar surface area (TPSA) is 51.1 Å². The molecule has 0 aliphatic heterocycles. The lowest BCUT2D eigenvalue weighted by Gasteiger charge is -2.12. The van der Waals surface area contributed by atoms with Gasteiger partial charge in [0.05, 0.1) is 10.6 Å². The Labute approximate surface area is 136 Å². The molecule has 0 fully saturated rings. The van der Waals surface area contributed by atoms with Gasteiger partial charge in [-0.1, -0.05) is 23.8 Å². The molecule has 0 bridgehead atoms. The third-order valence-electron chi connectivity index (χ3n) is 3.68. The Morgan fingerprint density at radius 3 is 2.22 bits per heavy atom. The van der Waals surface area contributed by atoms with E-state index in [4.69, 9.17) is 0 Å². The summed E-state index contributed by atoms with van der Waals surface area (Å²) in [6.45, 7) is 3.92. The summed E-state index contributed by atoms with van der Waals surface area (Å²) in [5.74, 6) is 0. The molecule has 2 aromatic carbocycles. The number of rotatable bonds is 4. The Balaban J connectivity index is 1.94. The van der Waals surface area contributed by atoms with Gasteiger partial charge in [0.25, 0.3) is 10.0 Å². The number of aromatic nitrogens is 1. The van der Waals surface area contributed by atoms with Crippen molar-refractivity contribution in [2.45, 2.75) is 18.7 Å². The van der Waals surface area contributed by atoms with Crippen LogP contribution in [0.5, 0.6) is 0 Å². The molecule has 0 unspecified atom stereocenters. The lowest BCUT2D eigenvalue weighted by Crippen LogP contribution is -2.13. The fourth-order valence-corrected chi connectivity index (χ4v) is 3.43. The summed E-state index contributed by atoms with van der Waals surface area (Å²) in [4.78, 5) is 0.256. The van der Waals surface area contributed by atoms with Crippen molar-refractivity contribution in [2.24, 2.45) is 0 Å². The Kier molecular flexibility index (Phi) is 3.96. The molecule has 0 saturated carbocycles. The van der Waals surface area contributed by atoms with E-state index in [1.165, 1.54) is 0 Å². The first-order valence-corrected chi connectivity index (χ1v) is 8.77. The number of anilines is 1. The first-order chi connectivity index (χ1) is 11.0. The molecule has 5 heteroatoms. The normalized spacial score (nSPS) is 11.4. The monoisotopic (exact) mass is 326 g/mol. The summed E-state index contributed by atoms with van der Waals surface area (Å²) >= 11 is 0. The van der Waals surface area contributed by atoms with Gasteiger partial charge in [0.15, 0.2) is 0 Å². The number of hydrogen-bond donors (Lipinski definition) is 1. The zero-order valence-corrected chi connectivity index (χ0v) is 13.8. The van der Waals surface area contributed by atoms with E-state index in [1.807, 2.05) is 55.1 Å². The highest BCUT2D eigenvalue weighted by molar-refractivity contribution is 7.92. The molecule has 0 radical (unpaired) electrons. The molecule has 118 valence electrons. The predicted octanol–water partition coefficient (Wildman–Crippen LogP) is 3.89. The van der Waals surface area contributed by atoms with E-state index >= 15 is 0 Å².